The Morgan fingerprint density at radius 2 is 2.04 bits per heavy atom. The van der Waals surface area contributed by atoms with Crippen LogP contribution < -0.4 is 15.8 Å². The van der Waals surface area contributed by atoms with E-state index in [2.05, 4.69) is 15.0 Å². The number of nitrogen functional groups attached to an aromatic ring is 1. The number of benzene rings is 1. The van der Waals surface area contributed by atoms with Gasteiger partial charge in [-0.1, -0.05) is 0 Å². The highest BCUT2D eigenvalue weighted by molar-refractivity contribution is 5.94. The number of hydrogen-bond acceptors (Lipinski definition) is 7. The molecule has 1 amide bonds. The average molecular weight is 326 g/mol. The second kappa shape index (κ2) is 7.60. The molecule has 0 fully saturated rings. The maximum atomic E-state index is 11.4. The largest absolute Gasteiger partial charge is 0.465 e. The molecule has 0 radical (unpaired) electrons. The fourth-order valence-electron chi connectivity index (χ4n) is 1.77. The highest BCUT2D eigenvalue weighted by Crippen LogP contribution is 2.26. The number of nitrogens with one attached hydrogen (secondary N) is 1. The zero-order chi connectivity index (χ0) is 17.5. The van der Waals surface area contributed by atoms with Crippen LogP contribution in [0.2, 0.25) is 0 Å². The third-order valence-electron chi connectivity index (χ3n) is 2.92. The summed E-state index contributed by atoms with van der Waals surface area (Å²) in [5, 5.41) is 10.9. The molecular formula is C16H14N4O4. The molecule has 1 heterocycles. The van der Waals surface area contributed by atoms with Crippen LogP contribution in [0.25, 0.3) is 0 Å². The van der Waals surface area contributed by atoms with Crippen LogP contribution >= 0.6 is 0 Å². The summed E-state index contributed by atoms with van der Waals surface area (Å²) in [5.74, 6) is -0.244. The third-order valence-corrected chi connectivity index (χ3v) is 2.92. The van der Waals surface area contributed by atoms with E-state index >= 15 is 0 Å². The molecule has 8 nitrogen and oxygen atoms in total. The number of rotatable bonds is 5. The molecule has 0 aliphatic carbocycles. The van der Waals surface area contributed by atoms with Crippen molar-refractivity contribution in [3.8, 4) is 17.7 Å². The van der Waals surface area contributed by atoms with Crippen LogP contribution in [0.4, 0.5) is 11.4 Å². The number of carbonyl (C=O) groups is 2. The number of pyridine rings is 1. The van der Waals surface area contributed by atoms with Crippen LogP contribution in [-0.4, -0.2) is 24.0 Å². The van der Waals surface area contributed by atoms with Crippen LogP contribution in [0.5, 0.6) is 11.6 Å². The molecule has 0 bridgehead atoms. The summed E-state index contributed by atoms with van der Waals surface area (Å²) in [6.45, 7) is 0. The van der Waals surface area contributed by atoms with E-state index in [1.54, 1.807) is 30.3 Å². The lowest BCUT2D eigenvalue weighted by Crippen LogP contribution is -2.12. The summed E-state index contributed by atoms with van der Waals surface area (Å²) in [4.78, 5) is 26.7. The summed E-state index contributed by atoms with van der Waals surface area (Å²) in [7, 11) is 1.30. The summed E-state index contributed by atoms with van der Waals surface area (Å²) in [5.41, 5.74) is 6.76. The summed E-state index contributed by atoms with van der Waals surface area (Å²) in [6, 6.07) is 9.47. The van der Waals surface area contributed by atoms with Crippen molar-refractivity contribution in [3.05, 3.63) is 42.1 Å². The first kappa shape index (κ1) is 16.8. The van der Waals surface area contributed by atoms with Crippen molar-refractivity contribution in [3.63, 3.8) is 0 Å². The van der Waals surface area contributed by atoms with Gasteiger partial charge in [0.05, 0.1) is 36.3 Å². The van der Waals surface area contributed by atoms with Gasteiger partial charge in [0.2, 0.25) is 11.8 Å². The molecule has 8 heteroatoms. The molecule has 1 aromatic heterocycles. The minimum absolute atomic E-state index is 0.219. The monoisotopic (exact) mass is 326 g/mol. The Hall–Kier alpha value is -3.60. The molecule has 0 saturated heterocycles. The molecule has 0 unspecified atom stereocenters. The van der Waals surface area contributed by atoms with Crippen molar-refractivity contribution in [2.45, 2.75) is 6.42 Å². The second-order valence-electron chi connectivity index (χ2n) is 4.61. The fourth-order valence-corrected chi connectivity index (χ4v) is 1.77. The average Bonchev–Trinajstić information content (AvgIpc) is 2.57. The van der Waals surface area contributed by atoms with Crippen molar-refractivity contribution in [1.29, 1.82) is 5.26 Å². The molecule has 24 heavy (non-hydrogen) atoms. The van der Waals surface area contributed by atoms with Gasteiger partial charge in [-0.05, 0) is 24.3 Å². The molecule has 3 N–H and O–H groups in total. The lowest BCUT2D eigenvalue weighted by Gasteiger charge is -2.09. The van der Waals surface area contributed by atoms with Gasteiger partial charge < -0.3 is 20.5 Å². The van der Waals surface area contributed by atoms with Crippen molar-refractivity contribution in [2.24, 2.45) is 0 Å². The zero-order valence-electron chi connectivity index (χ0n) is 12.8. The number of esters is 1. The number of aromatic nitrogens is 1. The Bertz CT molecular complexity index is 797. The first-order valence-electron chi connectivity index (χ1n) is 6.82. The molecular weight excluding hydrogens is 312 g/mol. The van der Waals surface area contributed by atoms with Crippen LogP contribution in [0, 0.1) is 11.3 Å². The number of nitrogens with two attached hydrogens (primary N) is 1. The zero-order valence-corrected chi connectivity index (χ0v) is 12.8. The Kier molecular flexibility index (Phi) is 5.31. The second-order valence-corrected chi connectivity index (χ2v) is 4.61. The van der Waals surface area contributed by atoms with Crippen LogP contribution in [0.15, 0.2) is 36.5 Å². The lowest BCUT2D eigenvalue weighted by atomic mass is 10.2. The number of hydrogen-bond donors (Lipinski definition) is 2. The van der Waals surface area contributed by atoms with E-state index < -0.39 is 11.9 Å². The fraction of sp³-hybridized carbons (Fsp3) is 0.125. The Morgan fingerprint density at radius 3 is 2.62 bits per heavy atom. The van der Waals surface area contributed by atoms with Crippen LogP contribution in [0.3, 0.4) is 0 Å². The quantitative estimate of drug-likeness (QED) is 0.805. The Labute approximate surface area is 137 Å². The molecule has 0 spiro atoms. The van der Waals surface area contributed by atoms with Gasteiger partial charge in [-0.2, -0.15) is 5.26 Å². The van der Waals surface area contributed by atoms with Gasteiger partial charge in [0, 0.05) is 6.07 Å². The van der Waals surface area contributed by atoms with Crippen molar-refractivity contribution in [1.82, 2.24) is 4.98 Å². The smallest absolute Gasteiger partial charge is 0.337 e. The number of anilines is 2. The topological polar surface area (TPSA) is 127 Å². The van der Waals surface area contributed by atoms with Crippen molar-refractivity contribution in [2.75, 3.05) is 18.2 Å². The summed E-state index contributed by atoms with van der Waals surface area (Å²) >= 11 is 0. The Balaban J connectivity index is 2.08. The van der Waals surface area contributed by atoms with E-state index in [0.29, 0.717) is 17.0 Å². The van der Waals surface area contributed by atoms with E-state index in [9.17, 15) is 9.59 Å². The van der Waals surface area contributed by atoms with Gasteiger partial charge in [-0.3, -0.25) is 4.79 Å². The standard InChI is InChI=1S/C16H14N4O4/c1-23-16(22)10-2-4-11(5-3-10)24-15-8-12(18)13(9-19-15)20-14(21)6-7-17/h2-5,8-9H,6H2,1H3,(H2,18,19)(H,20,21). The normalized spacial score (nSPS) is 9.67. The highest BCUT2D eigenvalue weighted by Gasteiger charge is 2.09. The summed E-state index contributed by atoms with van der Waals surface area (Å²) in [6.07, 6.45) is 1.06. The Morgan fingerprint density at radius 1 is 1.33 bits per heavy atom. The van der Waals surface area contributed by atoms with E-state index in [4.69, 9.17) is 15.7 Å². The third kappa shape index (κ3) is 4.20. The van der Waals surface area contributed by atoms with E-state index in [-0.39, 0.29) is 18.0 Å². The number of nitriles is 1. The molecule has 0 atom stereocenters. The highest BCUT2D eigenvalue weighted by atomic mass is 16.5. The van der Waals surface area contributed by atoms with Gasteiger partial charge in [0.25, 0.3) is 0 Å². The molecule has 2 aromatic rings. The molecule has 0 aliphatic heterocycles. The number of nitrogens with zero attached hydrogens (tertiary/aromatic N) is 2. The number of methoxy groups -OCH3 is 1. The van der Waals surface area contributed by atoms with Gasteiger partial charge in [-0.25, -0.2) is 9.78 Å². The molecule has 0 aliphatic rings. The van der Waals surface area contributed by atoms with Gasteiger partial charge >= 0.3 is 5.97 Å². The van der Waals surface area contributed by atoms with Crippen LogP contribution in [-0.2, 0) is 9.53 Å². The van der Waals surface area contributed by atoms with Gasteiger partial charge in [0.1, 0.15) is 12.2 Å². The first-order chi connectivity index (χ1) is 11.5. The predicted molar refractivity (Wildman–Crippen MR) is 85.4 cm³/mol. The number of ether oxygens (including phenoxy) is 2. The SMILES string of the molecule is COC(=O)c1ccc(Oc2cc(N)c(NC(=O)CC#N)cn2)cc1. The number of amides is 1. The molecule has 0 saturated carbocycles. The maximum Gasteiger partial charge on any atom is 0.337 e. The predicted octanol–water partition coefficient (Wildman–Crippen LogP) is 2.09. The van der Waals surface area contributed by atoms with Gasteiger partial charge in [-0.15, -0.1) is 0 Å². The molecule has 1 aromatic carbocycles. The maximum absolute atomic E-state index is 11.4. The van der Waals surface area contributed by atoms with Crippen molar-refractivity contribution >= 4 is 23.3 Å². The first-order valence-corrected chi connectivity index (χ1v) is 6.82. The minimum atomic E-state index is -0.474. The van der Waals surface area contributed by atoms with Crippen LogP contribution in [0.1, 0.15) is 16.8 Å². The summed E-state index contributed by atoms with van der Waals surface area (Å²) < 4.78 is 10.1. The minimum Gasteiger partial charge on any atom is -0.465 e. The lowest BCUT2D eigenvalue weighted by molar-refractivity contribution is -0.115. The number of carbonyl (C=O) groups excluding carboxylic acids is 2. The van der Waals surface area contributed by atoms with E-state index in [1.165, 1.54) is 19.4 Å². The molecule has 2 rings (SSSR count). The van der Waals surface area contributed by atoms with Gasteiger partial charge in [0.15, 0.2) is 0 Å². The van der Waals surface area contributed by atoms with Crippen molar-refractivity contribution < 1.29 is 19.1 Å². The van der Waals surface area contributed by atoms with E-state index in [1.807, 2.05) is 0 Å². The molecule has 122 valence electrons. The van der Waals surface area contributed by atoms with E-state index in [0.717, 1.165) is 0 Å².